The lowest BCUT2D eigenvalue weighted by Gasteiger charge is -2.13. The van der Waals surface area contributed by atoms with Crippen molar-refractivity contribution in [3.8, 4) is 5.75 Å². The maximum absolute atomic E-state index is 13.2. The molecule has 1 atom stereocenters. The quantitative estimate of drug-likeness (QED) is 0.912. The fourth-order valence-corrected chi connectivity index (χ4v) is 2.47. The van der Waals surface area contributed by atoms with Gasteiger partial charge in [-0.2, -0.15) is 0 Å². The summed E-state index contributed by atoms with van der Waals surface area (Å²) in [5, 5.41) is 3.07. The predicted octanol–water partition coefficient (Wildman–Crippen LogP) is 3.44. The highest BCUT2D eigenvalue weighted by atomic mass is 32.1. The first-order valence-corrected chi connectivity index (χ1v) is 7.09. The van der Waals surface area contributed by atoms with Gasteiger partial charge in [-0.1, -0.05) is 6.92 Å². The van der Waals surface area contributed by atoms with Crippen molar-refractivity contribution in [3.05, 3.63) is 45.7 Å². The standard InChI is InChI=1S/C14H17FN2OS/c1-3-14-17-11(8-19-14)7-18-13-5-4-10(15)6-12(13)9(2)16/h4-6,8-9H,3,7,16H2,1-2H3/t9-/m0/s1. The molecule has 0 saturated heterocycles. The van der Waals surface area contributed by atoms with E-state index in [-0.39, 0.29) is 11.9 Å². The summed E-state index contributed by atoms with van der Waals surface area (Å²) in [6.07, 6.45) is 0.923. The molecule has 0 bridgehead atoms. The zero-order chi connectivity index (χ0) is 13.8. The molecule has 102 valence electrons. The molecule has 0 saturated carbocycles. The van der Waals surface area contributed by atoms with Gasteiger partial charge in [-0.25, -0.2) is 9.37 Å². The minimum absolute atomic E-state index is 0.271. The van der Waals surface area contributed by atoms with Crippen molar-refractivity contribution in [1.82, 2.24) is 4.98 Å². The van der Waals surface area contributed by atoms with E-state index in [4.69, 9.17) is 10.5 Å². The third-order valence-electron chi connectivity index (χ3n) is 2.74. The van der Waals surface area contributed by atoms with Crippen molar-refractivity contribution >= 4 is 11.3 Å². The van der Waals surface area contributed by atoms with E-state index >= 15 is 0 Å². The van der Waals surface area contributed by atoms with Gasteiger partial charge in [0.05, 0.1) is 10.7 Å². The Hall–Kier alpha value is -1.46. The van der Waals surface area contributed by atoms with Crippen molar-refractivity contribution in [2.45, 2.75) is 32.9 Å². The summed E-state index contributed by atoms with van der Waals surface area (Å²) in [6.45, 7) is 4.25. The van der Waals surface area contributed by atoms with E-state index in [1.54, 1.807) is 24.3 Å². The van der Waals surface area contributed by atoms with Crippen molar-refractivity contribution < 1.29 is 9.13 Å². The largest absolute Gasteiger partial charge is 0.487 e. The smallest absolute Gasteiger partial charge is 0.131 e. The van der Waals surface area contributed by atoms with Gasteiger partial charge in [0, 0.05) is 17.0 Å². The predicted molar refractivity (Wildman–Crippen MR) is 74.8 cm³/mol. The van der Waals surface area contributed by atoms with Gasteiger partial charge in [0.15, 0.2) is 0 Å². The van der Waals surface area contributed by atoms with Crippen LogP contribution in [0.1, 0.15) is 36.2 Å². The Bertz CT molecular complexity index is 554. The molecule has 0 amide bonds. The number of aromatic nitrogens is 1. The normalized spacial score (nSPS) is 12.4. The molecule has 0 aliphatic heterocycles. The molecule has 1 aromatic heterocycles. The molecule has 0 aliphatic rings. The van der Waals surface area contributed by atoms with Gasteiger partial charge in [0.1, 0.15) is 18.2 Å². The molecule has 1 aromatic carbocycles. The molecular formula is C14H17FN2OS. The van der Waals surface area contributed by atoms with Gasteiger partial charge in [-0.15, -0.1) is 11.3 Å². The molecule has 1 heterocycles. The zero-order valence-corrected chi connectivity index (χ0v) is 11.8. The van der Waals surface area contributed by atoms with Crippen LogP contribution in [0.2, 0.25) is 0 Å². The molecule has 0 unspecified atom stereocenters. The van der Waals surface area contributed by atoms with Crippen LogP contribution in [-0.4, -0.2) is 4.98 Å². The summed E-state index contributed by atoms with van der Waals surface area (Å²) >= 11 is 1.62. The molecule has 0 aliphatic carbocycles. The molecule has 19 heavy (non-hydrogen) atoms. The number of hydrogen-bond donors (Lipinski definition) is 1. The number of ether oxygens (including phenoxy) is 1. The summed E-state index contributed by atoms with van der Waals surface area (Å²) < 4.78 is 18.9. The first kappa shape index (κ1) is 14.0. The maximum atomic E-state index is 13.2. The Morgan fingerprint density at radius 1 is 1.47 bits per heavy atom. The number of nitrogens with two attached hydrogens (primary N) is 1. The summed E-state index contributed by atoms with van der Waals surface area (Å²) in [4.78, 5) is 4.42. The molecule has 0 radical (unpaired) electrons. The molecule has 2 rings (SSSR count). The average Bonchev–Trinajstić information content (AvgIpc) is 2.85. The molecule has 3 nitrogen and oxygen atoms in total. The second-order valence-corrected chi connectivity index (χ2v) is 5.29. The van der Waals surface area contributed by atoms with E-state index in [2.05, 4.69) is 11.9 Å². The third-order valence-corrected chi connectivity index (χ3v) is 3.78. The van der Waals surface area contributed by atoms with Gasteiger partial charge in [0.25, 0.3) is 0 Å². The number of halogens is 1. The van der Waals surface area contributed by atoms with Crippen LogP contribution in [0.5, 0.6) is 5.75 Å². The van der Waals surface area contributed by atoms with E-state index < -0.39 is 0 Å². The van der Waals surface area contributed by atoms with E-state index in [0.29, 0.717) is 17.9 Å². The van der Waals surface area contributed by atoms with Crippen LogP contribution in [0.25, 0.3) is 0 Å². The first-order valence-electron chi connectivity index (χ1n) is 6.21. The Morgan fingerprint density at radius 3 is 2.89 bits per heavy atom. The van der Waals surface area contributed by atoms with E-state index in [9.17, 15) is 4.39 Å². The first-order chi connectivity index (χ1) is 9.10. The van der Waals surface area contributed by atoms with Crippen molar-refractivity contribution in [2.24, 2.45) is 5.73 Å². The molecular weight excluding hydrogens is 263 g/mol. The van der Waals surface area contributed by atoms with Crippen LogP contribution < -0.4 is 10.5 Å². The van der Waals surface area contributed by atoms with Gasteiger partial charge < -0.3 is 10.5 Å². The van der Waals surface area contributed by atoms with Gasteiger partial charge in [0.2, 0.25) is 0 Å². The van der Waals surface area contributed by atoms with E-state index in [0.717, 1.165) is 17.1 Å². The fourth-order valence-electron chi connectivity index (χ4n) is 1.74. The molecule has 2 N–H and O–H groups in total. The number of hydrogen-bond acceptors (Lipinski definition) is 4. The molecule has 2 aromatic rings. The monoisotopic (exact) mass is 280 g/mol. The second-order valence-electron chi connectivity index (χ2n) is 4.35. The highest BCUT2D eigenvalue weighted by Crippen LogP contribution is 2.25. The Morgan fingerprint density at radius 2 is 2.26 bits per heavy atom. The third kappa shape index (κ3) is 3.52. The second kappa shape index (κ2) is 6.12. The van der Waals surface area contributed by atoms with Crippen LogP contribution in [0, 0.1) is 5.82 Å². The Kier molecular flexibility index (Phi) is 4.50. The van der Waals surface area contributed by atoms with E-state index in [1.165, 1.54) is 12.1 Å². The van der Waals surface area contributed by atoms with Crippen LogP contribution in [-0.2, 0) is 13.0 Å². The van der Waals surface area contributed by atoms with Crippen LogP contribution in [0.3, 0.4) is 0 Å². The fraction of sp³-hybridized carbons (Fsp3) is 0.357. The van der Waals surface area contributed by atoms with Gasteiger partial charge >= 0.3 is 0 Å². The lowest BCUT2D eigenvalue weighted by molar-refractivity contribution is 0.296. The highest BCUT2D eigenvalue weighted by Gasteiger charge is 2.10. The van der Waals surface area contributed by atoms with Crippen molar-refractivity contribution in [1.29, 1.82) is 0 Å². The lowest BCUT2D eigenvalue weighted by Crippen LogP contribution is -2.08. The Balaban J connectivity index is 2.10. The number of thiazole rings is 1. The molecule has 0 fully saturated rings. The highest BCUT2D eigenvalue weighted by molar-refractivity contribution is 7.09. The summed E-state index contributed by atoms with van der Waals surface area (Å²) in [5.41, 5.74) is 7.38. The number of aryl methyl sites for hydroxylation is 1. The van der Waals surface area contributed by atoms with Crippen molar-refractivity contribution in [2.75, 3.05) is 0 Å². The summed E-state index contributed by atoms with van der Waals surface area (Å²) in [7, 11) is 0. The minimum Gasteiger partial charge on any atom is -0.487 e. The van der Waals surface area contributed by atoms with Gasteiger partial charge in [-0.05, 0) is 31.5 Å². The SMILES string of the molecule is CCc1nc(COc2ccc(F)cc2[C@H](C)N)cs1. The van der Waals surface area contributed by atoms with Crippen LogP contribution in [0.4, 0.5) is 4.39 Å². The number of nitrogens with zero attached hydrogens (tertiary/aromatic N) is 1. The maximum Gasteiger partial charge on any atom is 0.131 e. The molecule has 5 heteroatoms. The average molecular weight is 280 g/mol. The van der Waals surface area contributed by atoms with Crippen molar-refractivity contribution in [3.63, 3.8) is 0 Å². The number of benzene rings is 1. The summed E-state index contributed by atoms with van der Waals surface area (Å²) in [6, 6.07) is 4.13. The summed E-state index contributed by atoms with van der Waals surface area (Å²) in [5.74, 6) is 0.309. The Labute approximate surface area is 116 Å². The van der Waals surface area contributed by atoms with Gasteiger partial charge in [-0.3, -0.25) is 0 Å². The lowest BCUT2D eigenvalue weighted by atomic mass is 10.1. The molecule has 0 spiro atoms. The van der Waals surface area contributed by atoms with Crippen LogP contribution in [0.15, 0.2) is 23.6 Å². The van der Waals surface area contributed by atoms with Crippen LogP contribution >= 0.6 is 11.3 Å². The van der Waals surface area contributed by atoms with E-state index in [1.807, 2.05) is 5.38 Å². The number of rotatable bonds is 5. The minimum atomic E-state index is -0.304. The topological polar surface area (TPSA) is 48.1 Å². The zero-order valence-electron chi connectivity index (χ0n) is 11.0.